The van der Waals surface area contributed by atoms with Gasteiger partial charge in [0.15, 0.2) is 0 Å². The molecule has 0 saturated carbocycles. The fourth-order valence-electron chi connectivity index (χ4n) is 2.65. The Kier molecular flexibility index (Phi) is 6.99. The zero-order valence-electron chi connectivity index (χ0n) is 16.1. The zero-order chi connectivity index (χ0) is 20.1. The number of carbonyl (C=O) groups is 1. The van der Waals surface area contributed by atoms with Gasteiger partial charge in [-0.3, -0.25) is 4.79 Å². The van der Waals surface area contributed by atoms with Gasteiger partial charge in [0.25, 0.3) is 5.91 Å². The third-order valence-corrected chi connectivity index (χ3v) is 6.28. The van der Waals surface area contributed by atoms with Crippen molar-refractivity contribution < 1.29 is 14.6 Å². The molecule has 0 aromatic heterocycles. The smallest absolute Gasteiger partial charge is 0.285 e. The third kappa shape index (κ3) is 5.28. The molecule has 0 radical (unpaired) electrons. The second-order valence-corrected chi connectivity index (χ2v) is 8.87. The summed E-state index contributed by atoms with van der Waals surface area (Å²) >= 11 is 2.88. The van der Waals surface area contributed by atoms with Gasteiger partial charge in [0.1, 0.15) is 16.7 Å². The molecule has 1 atom stereocenters. The predicted octanol–water partition coefficient (Wildman–Crippen LogP) is 5.29. The van der Waals surface area contributed by atoms with Gasteiger partial charge in [-0.2, -0.15) is 4.99 Å². The highest BCUT2D eigenvalue weighted by Gasteiger charge is 2.20. The van der Waals surface area contributed by atoms with Gasteiger partial charge < -0.3 is 9.84 Å². The van der Waals surface area contributed by atoms with Crippen LogP contribution in [0.4, 0.5) is 0 Å². The Hall–Kier alpha value is -2.02. The number of rotatable bonds is 6. The lowest BCUT2D eigenvalue weighted by atomic mass is 9.98. The van der Waals surface area contributed by atoms with E-state index in [4.69, 9.17) is 4.74 Å². The van der Waals surface area contributed by atoms with Crippen molar-refractivity contribution in [3.05, 3.63) is 70.1 Å². The standard InChI is InChI=1S/C22H23NO3S2/c1-14(2)20(24)17-8-4-16(5-9-17)13-26-18-10-6-15(7-11-18)12-19-21(25)23-22(27-3)28-19/h4-12,14,20,24H,13H2,1-3H3. The van der Waals surface area contributed by atoms with E-state index in [1.807, 2.05) is 74.7 Å². The number of ether oxygens (including phenoxy) is 1. The maximum atomic E-state index is 11.8. The topological polar surface area (TPSA) is 58.9 Å². The van der Waals surface area contributed by atoms with Crippen molar-refractivity contribution in [2.75, 3.05) is 6.26 Å². The summed E-state index contributed by atoms with van der Waals surface area (Å²) in [4.78, 5) is 16.5. The minimum Gasteiger partial charge on any atom is -0.489 e. The molecule has 1 aliphatic heterocycles. The summed E-state index contributed by atoms with van der Waals surface area (Å²) in [6, 6.07) is 15.5. The van der Waals surface area contributed by atoms with Gasteiger partial charge >= 0.3 is 0 Å². The van der Waals surface area contributed by atoms with Crippen LogP contribution in [0, 0.1) is 5.92 Å². The average Bonchev–Trinajstić information content (AvgIpc) is 3.06. The van der Waals surface area contributed by atoms with Crippen molar-refractivity contribution in [2.45, 2.75) is 26.6 Å². The number of carbonyl (C=O) groups excluding carboxylic acids is 1. The fraction of sp³-hybridized carbons (Fsp3) is 0.273. The highest BCUT2D eigenvalue weighted by molar-refractivity contribution is 8.40. The molecule has 6 heteroatoms. The van der Waals surface area contributed by atoms with E-state index in [1.54, 1.807) is 0 Å². The summed E-state index contributed by atoms with van der Waals surface area (Å²) in [5, 5.41) is 10.1. The van der Waals surface area contributed by atoms with Gasteiger partial charge in [0.2, 0.25) is 0 Å². The van der Waals surface area contributed by atoms with Gasteiger partial charge in [0, 0.05) is 0 Å². The number of aliphatic hydroxyl groups excluding tert-OH is 1. The van der Waals surface area contributed by atoms with Crippen molar-refractivity contribution in [2.24, 2.45) is 10.9 Å². The Morgan fingerprint density at radius 3 is 2.39 bits per heavy atom. The molecule has 1 amide bonds. The van der Waals surface area contributed by atoms with Gasteiger partial charge in [-0.25, -0.2) is 0 Å². The summed E-state index contributed by atoms with van der Waals surface area (Å²) in [6.45, 7) is 4.45. The normalized spacial score (nSPS) is 16.5. The number of amides is 1. The number of aliphatic imine (C=N–C) groups is 1. The monoisotopic (exact) mass is 413 g/mol. The Morgan fingerprint density at radius 1 is 1.14 bits per heavy atom. The molecule has 2 aromatic carbocycles. The first-order valence-electron chi connectivity index (χ1n) is 9.02. The summed E-state index contributed by atoms with van der Waals surface area (Å²) in [5.74, 6) is 0.771. The van der Waals surface area contributed by atoms with Crippen molar-refractivity contribution in [3.63, 3.8) is 0 Å². The quantitative estimate of drug-likeness (QED) is 0.652. The summed E-state index contributed by atoms with van der Waals surface area (Å²) in [5.41, 5.74) is 2.90. The Labute approximate surface area is 174 Å². The molecule has 1 aliphatic rings. The maximum absolute atomic E-state index is 11.8. The average molecular weight is 414 g/mol. The van der Waals surface area contributed by atoms with Crippen LogP contribution in [0.5, 0.6) is 5.75 Å². The lowest BCUT2D eigenvalue weighted by molar-refractivity contribution is -0.113. The van der Waals surface area contributed by atoms with Gasteiger partial charge in [-0.05, 0) is 47.1 Å². The maximum Gasteiger partial charge on any atom is 0.285 e. The molecule has 146 valence electrons. The van der Waals surface area contributed by atoms with Crippen LogP contribution >= 0.6 is 23.5 Å². The number of nitrogens with zero attached hydrogens (tertiary/aromatic N) is 1. The molecule has 0 fully saturated rings. The lowest BCUT2D eigenvalue weighted by Gasteiger charge is -2.15. The van der Waals surface area contributed by atoms with Crippen LogP contribution in [0.15, 0.2) is 58.4 Å². The van der Waals surface area contributed by atoms with Crippen LogP contribution < -0.4 is 4.74 Å². The van der Waals surface area contributed by atoms with Crippen molar-refractivity contribution in [3.8, 4) is 5.75 Å². The van der Waals surface area contributed by atoms with Gasteiger partial charge in [-0.1, -0.05) is 62.0 Å². The number of benzene rings is 2. The first-order chi connectivity index (χ1) is 13.5. The van der Waals surface area contributed by atoms with E-state index in [1.165, 1.54) is 23.5 Å². The van der Waals surface area contributed by atoms with E-state index < -0.39 is 6.10 Å². The lowest BCUT2D eigenvalue weighted by Crippen LogP contribution is -2.05. The minimum absolute atomic E-state index is 0.180. The van der Waals surface area contributed by atoms with E-state index in [9.17, 15) is 9.90 Å². The SMILES string of the molecule is CSC1=NC(=O)C(=Cc2ccc(OCc3ccc(C(O)C(C)C)cc3)cc2)S1. The van der Waals surface area contributed by atoms with Crippen LogP contribution in [0.3, 0.4) is 0 Å². The molecular weight excluding hydrogens is 390 g/mol. The van der Waals surface area contributed by atoms with E-state index in [-0.39, 0.29) is 11.8 Å². The third-order valence-electron chi connectivity index (χ3n) is 4.31. The molecule has 1 unspecified atom stereocenters. The molecule has 0 spiro atoms. The minimum atomic E-state index is -0.445. The van der Waals surface area contributed by atoms with Gasteiger partial charge in [0.05, 0.1) is 11.0 Å². The highest BCUT2D eigenvalue weighted by atomic mass is 32.2. The van der Waals surface area contributed by atoms with Gasteiger partial charge in [-0.15, -0.1) is 11.8 Å². The number of hydrogen-bond donors (Lipinski definition) is 1. The number of hydrogen-bond acceptors (Lipinski definition) is 5. The molecule has 0 bridgehead atoms. The van der Waals surface area contributed by atoms with Crippen molar-refractivity contribution in [1.29, 1.82) is 0 Å². The largest absolute Gasteiger partial charge is 0.489 e. The van der Waals surface area contributed by atoms with Crippen LogP contribution in [0.2, 0.25) is 0 Å². The Balaban J connectivity index is 1.57. The molecule has 28 heavy (non-hydrogen) atoms. The van der Waals surface area contributed by atoms with Crippen molar-refractivity contribution >= 4 is 39.9 Å². The second-order valence-electron chi connectivity index (χ2n) is 6.79. The molecule has 0 aliphatic carbocycles. The predicted molar refractivity (Wildman–Crippen MR) is 119 cm³/mol. The summed E-state index contributed by atoms with van der Waals surface area (Å²) in [6.07, 6.45) is 3.31. The molecule has 3 rings (SSSR count). The van der Waals surface area contributed by atoms with Crippen LogP contribution in [-0.2, 0) is 11.4 Å². The van der Waals surface area contributed by atoms with Crippen molar-refractivity contribution in [1.82, 2.24) is 0 Å². The number of aliphatic hydroxyl groups is 1. The molecule has 2 aromatic rings. The van der Waals surface area contributed by atoms with E-state index in [0.717, 1.165) is 26.8 Å². The molecule has 0 saturated heterocycles. The van der Waals surface area contributed by atoms with E-state index in [0.29, 0.717) is 11.5 Å². The van der Waals surface area contributed by atoms with Crippen LogP contribution in [-0.4, -0.2) is 21.6 Å². The second kappa shape index (κ2) is 9.45. The fourth-order valence-corrected chi connectivity index (χ4v) is 4.07. The molecule has 4 nitrogen and oxygen atoms in total. The van der Waals surface area contributed by atoms with E-state index >= 15 is 0 Å². The van der Waals surface area contributed by atoms with E-state index in [2.05, 4.69) is 4.99 Å². The Bertz CT molecular complexity index is 887. The molecule has 1 heterocycles. The molecule has 1 N–H and O–H groups in total. The van der Waals surface area contributed by atoms with Crippen LogP contribution in [0.1, 0.15) is 36.6 Å². The van der Waals surface area contributed by atoms with Crippen LogP contribution in [0.25, 0.3) is 6.08 Å². The number of thioether (sulfide) groups is 2. The Morgan fingerprint density at radius 2 is 1.82 bits per heavy atom. The summed E-state index contributed by atoms with van der Waals surface area (Å²) < 4.78 is 6.62. The zero-order valence-corrected chi connectivity index (χ0v) is 17.7. The summed E-state index contributed by atoms with van der Waals surface area (Å²) in [7, 11) is 0. The first kappa shape index (κ1) is 20.7. The highest BCUT2D eigenvalue weighted by Crippen LogP contribution is 2.32. The first-order valence-corrected chi connectivity index (χ1v) is 11.1. The molecular formula is C22H23NO3S2.